The zero-order chi connectivity index (χ0) is 12.3. The maximum atomic E-state index is 10.5. The molecule has 1 heterocycles. The number of rotatable bonds is 5. The van der Waals surface area contributed by atoms with Gasteiger partial charge in [0.1, 0.15) is 0 Å². The Morgan fingerprint density at radius 3 is 2.72 bits per heavy atom. The maximum absolute atomic E-state index is 10.5. The molecule has 0 amide bonds. The first-order valence-corrected chi connectivity index (χ1v) is 8.39. The molecule has 18 heavy (non-hydrogen) atoms. The van der Waals surface area contributed by atoms with Crippen molar-refractivity contribution in [1.82, 2.24) is 4.98 Å². The van der Waals surface area contributed by atoms with Gasteiger partial charge in [-0.3, -0.25) is 4.55 Å². The molecule has 0 aliphatic heterocycles. The Balaban J connectivity index is 0.00000162. The number of para-hydroxylation sites is 1. The van der Waals surface area contributed by atoms with Gasteiger partial charge in [0.2, 0.25) is 0 Å². The van der Waals surface area contributed by atoms with Crippen LogP contribution in [0.5, 0.6) is 0 Å². The van der Waals surface area contributed by atoms with E-state index in [9.17, 15) is 8.42 Å². The van der Waals surface area contributed by atoms with E-state index in [1.165, 1.54) is 11.8 Å². The standard InChI is InChI=1S/C10H11NO3S3.Na/c12-17(13,14)7-3-6-15-10-11-8-4-1-2-5-9(8)16-10;/h1-2,4-5H,3,6-7H2,(H,12,13,14);. The van der Waals surface area contributed by atoms with Crippen molar-refractivity contribution < 1.29 is 13.0 Å². The maximum Gasteiger partial charge on any atom is 0.264 e. The van der Waals surface area contributed by atoms with Crippen LogP contribution in [0.4, 0.5) is 0 Å². The molecule has 1 N–H and O–H groups in total. The number of hydrogen-bond donors (Lipinski definition) is 1. The van der Waals surface area contributed by atoms with Gasteiger partial charge in [0.25, 0.3) is 10.1 Å². The fourth-order valence-corrected chi connectivity index (χ4v) is 4.08. The summed E-state index contributed by atoms with van der Waals surface area (Å²) in [4.78, 5) is 4.42. The topological polar surface area (TPSA) is 67.3 Å². The molecule has 1 aromatic carbocycles. The number of hydrogen-bond acceptors (Lipinski definition) is 5. The normalized spacial score (nSPS) is 11.4. The average molecular weight is 312 g/mol. The summed E-state index contributed by atoms with van der Waals surface area (Å²) in [5.41, 5.74) is 0.967. The quantitative estimate of drug-likeness (QED) is 0.397. The van der Waals surface area contributed by atoms with Crippen LogP contribution in [0.15, 0.2) is 28.6 Å². The van der Waals surface area contributed by atoms with Gasteiger partial charge in [0.15, 0.2) is 4.34 Å². The molecule has 0 saturated carbocycles. The molecule has 0 saturated heterocycles. The van der Waals surface area contributed by atoms with Crippen LogP contribution in [-0.4, -0.2) is 59.0 Å². The molecule has 0 atom stereocenters. The molecule has 0 spiro atoms. The third kappa shape index (κ3) is 5.16. The molecule has 0 fully saturated rings. The SMILES string of the molecule is O=S(=O)(O)CCCSc1nc2ccccc2s1.[Na]. The van der Waals surface area contributed by atoms with Gasteiger partial charge in [0, 0.05) is 35.3 Å². The Labute approximate surface area is 136 Å². The number of benzene rings is 1. The first-order valence-electron chi connectivity index (χ1n) is 4.98. The minimum Gasteiger partial charge on any atom is -0.286 e. The molecule has 2 aromatic rings. The Bertz CT molecular complexity index is 579. The van der Waals surface area contributed by atoms with Gasteiger partial charge >= 0.3 is 0 Å². The molecule has 2 rings (SSSR count). The number of thioether (sulfide) groups is 1. The van der Waals surface area contributed by atoms with Gasteiger partial charge in [0.05, 0.1) is 16.0 Å². The van der Waals surface area contributed by atoms with E-state index in [1.54, 1.807) is 11.3 Å². The van der Waals surface area contributed by atoms with Crippen molar-refractivity contribution in [3.8, 4) is 0 Å². The summed E-state index contributed by atoms with van der Waals surface area (Å²) in [5.74, 6) is 0.449. The van der Waals surface area contributed by atoms with Gasteiger partial charge in [-0.1, -0.05) is 23.9 Å². The smallest absolute Gasteiger partial charge is 0.264 e. The Morgan fingerprint density at radius 1 is 1.33 bits per heavy atom. The summed E-state index contributed by atoms with van der Waals surface area (Å²) >= 11 is 3.11. The van der Waals surface area contributed by atoms with Gasteiger partial charge in [-0.2, -0.15) is 8.42 Å². The summed E-state index contributed by atoms with van der Waals surface area (Å²) in [6.07, 6.45) is 0.430. The molecule has 1 aromatic heterocycles. The van der Waals surface area contributed by atoms with Crippen LogP contribution in [0.3, 0.4) is 0 Å². The van der Waals surface area contributed by atoms with E-state index < -0.39 is 10.1 Å². The summed E-state index contributed by atoms with van der Waals surface area (Å²) in [7, 11) is -3.83. The molecular formula is C10H11NNaO3S3. The molecule has 4 nitrogen and oxygen atoms in total. The molecule has 8 heteroatoms. The third-order valence-corrected chi connectivity index (χ3v) is 5.12. The van der Waals surface area contributed by atoms with E-state index >= 15 is 0 Å². The van der Waals surface area contributed by atoms with Crippen LogP contribution in [0.1, 0.15) is 6.42 Å². The van der Waals surface area contributed by atoms with Crippen LogP contribution in [0.25, 0.3) is 10.2 Å². The van der Waals surface area contributed by atoms with Gasteiger partial charge in [-0.25, -0.2) is 4.98 Å². The monoisotopic (exact) mass is 312 g/mol. The average Bonchev–Trinajstić information content (AvgIpc) is 2.65. The summed E-state index contributed by atoms with van der Waals surface area (Å²) < 4.78 is 31.7. The molecule has 0 unspecified atom stereocenters. The summed E-state index contributed by atoms with van der Waals surface area (Å²) in [5, 5.41) is 0. The molecule has 93 valence electrons. The Morgan fingerprint density at radius 2 is 2.06 bits per heavy atom. The van der Waals surface area contributed by atoms with E-state index in [1.807, 2.05) is 24.3 Å². The van der Waals surface area contributed by atoms with Crippen LogP contribution in [0, 0.1) is 0 Å². The summed E-state index contributed by atoms with van der Waals surface area (Å²) in [6.45, 7) is 0. The predicted molar refractivity (Wildman–Crippen MR) is 77.1 cm³/mol. The zero-order valence-electron chi connectivity index (χ0n) is 9.87. The van der Waals surface area contributed by atoms with Crippen LogP contribution >= 0.6 is 23.1 Å². The van der Waals surface area contributed by atoms with Crippen molar-refractivity contribution in [2.24, 2.45) is 0 Å². The van der Waals surface area contributed by atoms with E-state index in [2.05, 4.69) is 4.98 Å². The zero-order valence-corrected chi connectivity index (χ0v) is 14.3. The number of nitrogens with zero attached hydrogens (tertiary/aromatic N) is 1. The Hall–Kier alpha value is 0.370. The van der Waals surface area contributed by atoms with Crippen LogP contribution in [-0.2, 0) is 10.1 Å². The predicted octanol–water partition coefficient (Wildman–Crippen LogP) is 2.29. The van der Waals surface area contributed by atoms with Gasteiger partial charge in [-0.15, -0.1) is 11.3 Å². The fraction of sp³-hybridized carbons (Fsp3) is 0.300. The van der Waals surface area contributed by atoms with Gasteiger partial charge < -0.3 is 0 Å². The third-order valence-electron chi connectivity index (χ3n) is 2.05. The van der Waals surface area contributed by atoms with Crippen LogP contribution < -0.4 is 0 Å². The first kappa shape index (κ1) is 16.4. The van der Waals surface area contributed by atoms with Crippen molar-refractivity contribution in [2.75, 3.05) is 11.5 Å². The van der Waals surface area contributed by atoms with Gasteiger partial charge in [-0.05, 0) is 18.6 Å². The van der Waals surface area contributed by atoms with E-state index in [0.29, 0.717) is 12.2 Å². The number of thiazole rings is 1. The molecule has 1 radical (unpaired) electrons. The second-order valence-corrected chi connectivity index (χ2v) is 7.38. The van der Waals surface area contributed by atoms with Crippen LogP contribution in [0.2, 0.25) is 0 Å². The molecule has 0 aliphatic rings. The molecule has 0 bridgehead atoms. The molecule has 0 aliphatic carbocycles. The summed E-state index contributed by atoms with van der Waals surface area (Å²) in [6, 6.07) is 7.87. The minimum absolute atomic E-state index is 0. The van der Waals surface area contributed by atoms with Crippen molar-refractivity contribution >= 4 is 73.0 Å². The first-order chi connectivity index (χ1) is 8.04. The number of aromatic nitrogens is 1. The second kappa shape index (κ2) is 7.23. The van der Waals surface area contributed by atoms with E-state index in [-0.39, 0.29) is 35.3 Å². The molecular weight excluding hydrogens is 301 g/mol. The Kier molecular flexibility index (Phi) is 6.60. The van der Waals surface area contributed by atoms with Crippen molar-refractivity contribution in [1.29, 1.82) is 0 Å². The van der Waals surface area contributed by atoms with E-state index in [0.717, 1.165) is 14.6 Å². The van der Waals surface area contributed by atoms with Crippen molar-refractivity contribution in [3.05, 3.63) is 24.3 Å². The largest absolute Gasteiger partial charge is 0.286 e. The fourth-order valence-electron chi connectivity index (χ4n) is 1.31. The minimum atomic E-state index is -3.83. The number of fused-ring (bicyclic) bond motifs is 1. The second-order valence-electron chi connectivity index (χ2n) is 3.44. The van der Waals surface area contributed by atoms with Crippen molar-refractivity contribution in [2.45, 2.75) is 10.8 Å². The van der Waals surface area contributed by atoms with E-state index in [4.69, 9.17) is 4.55 Å². The van der Waals surface area contributed by atoms with Crippen molar-refractivity contribution in [3.63, 3.8) is 0 Å².